The average molecular weight is 492 g/mol. The molecule has 184 valence electrons. The van der Waals surface area contributed by atoms with Crippen molar-refractivity contribution < 1.29 is 22.8 Å². The molecule has 1 aliphatic heterocycles. The number of rotatable bonds is 6. The first-order chi connectivity index (χ1) is 17.1. The van der Waals surface area contributed by atoms with Crippen molar-refractivity contribution >= 4 is 34.4 Å². The summed E-state index contributed by atoms with van der Waals surface area (Å²) in [6.45, 7) is 0. The zero-order valence-corrected chi connectivity index (χ0v) is 19.7. The minimum Gasteiger partial charge on any atom is -0.378 e. The summed E-state index contributed by atoms with van der Waals surface area (Å²) in [5.41, 5.74) is 4.22. The van der Waals surface area contributed by atoms with Crippen molar-refractivity contribution in [2.24, 2.45) is 0 Å². The molecule has 2 N–H and O–H groups in total. The molecule has 2 amide bonds. The summed E-state index contributed by atoms with van der Waals surface area (Å²) in [6, 6.07) is 17.7. The first-order valence-corrected chi connectivity index (χ1v) is 11.2. The van der Waals surface area contributed by atoms with Crippen LogP contribution in [-0.2, 0) is 22.2 Å². The molecule has 0 saturated carbocycles. The second kappa shape index (κ2) is 10.1. The van der Waals surface area contributed by atoms with Crippen molar-refractivity contribution in [3.05, 3.63) is 107 Å². The van der Waals surface area contributed by atoms with Crippen LogP contribution in [0.3, 0.4) is 0 Å². The second-order valence-corrected chi connectivity index (χ2v) is 8.50. The van der Waals surface area contributed by atoms with E-state index in [1.807, 2.05) is 43.3 Å². The van der Waals surface area contributed by atoms with E-state index in [2.05, 4.69) is 10.6 Å². The minimum absolute atomic E-state index is 0.133. The van der Waals surface area contributed by atoms with Crippen molar-refractivity contribution in [3.8, 4) is 0 Å². The van der Waals surface area contributed by atoms with Gasteiger partial charge < -0.3 is 15.5 Å². The lowest BCUT2D eigenvalue weighted by Crippen LogP contribution is -2.09. The number of carbonyl (C=O) groups excluding carboxylic acids is 2. The van der Waals surface area contributed by atoms with Gasteiger partial charge in [0.05, 0.1) is 12.0 Å². The van der Waals surface area contributed by atoms with Gasteiger partial charge in [0, 0.05) is 42.8 Å². The Morgan fingerprint density at radius 1 is 0.972 bits per heavy atom. The van der Waals surface area contributed by atoms with Crippen molar-refractivity contribution in [3.63, 3.8) is 0 Å². The molecule has 8 heteroatoms. The molecular formula is C28H24F3N3O2. The summed E-state index contributed by atoms with van der Waals surface area (Å²) in [6.07, 6.45) is 0.339. The molecule has 0 spiro atoms. The highest BCUT2D eigenvalue weighted by molar-refractivity contribution is 6.05. The normalized spacial score (nSPS) is 13.5. The number of amides is 2. The molecule has 4 rings (SSSR count). The van der Waals surface area contributed by atoms with E-state index in [4.69, 9.17) is 0 Å². The Kier molecular flexibility index (Phi) is 6.96. The van der Waals surface area contributed by atoms with E-state index in [0.717, 1.165) is 28.9 Å². The van der Waals surface area contributed by atoms with E-state index in [-0.39, 0.29) is 12.3 Å². The molecule has 0 radical (unpaired) electrons. The predicted octanol–water partition coefficient (Wildman–Crippen LogP) is 5.89. The summed E-state index contributed by atoms with van der Waals surface area (Å²) >= 11 is 0. The van der Waals surface area contributed by atoms with E-state index in [9.17, 15) is 22.8 Å². The smallest absolute Gasteiger partial charge is 0.378 e. The van der Waals surface area contributed by atoms with Crippen LogP contribution < -0.4 is 15.5 Å². The van der Waals surface area contributed by atoms with Crippen LogP contribution in [-0.4, -0.2) is 25.9 Å². The van der Waals surface area contributed by atoms with Gasteiger partial charge in [-0.2, -0.15) is 13.2 Å². The fraction of sp³-hybridized carbons (Fsp3) is 0.143. The van der Waals surface area contributed by atoms with Crippen molar-refractivity contribution in [1.82, 2.24) is 0 Å². The molecule has 0 fully saturated rings. The first kappa shape index (κ1) is 24.8. The Bertz CT molecular complexity index is 1340. The number of fused-ring (bicyclic) bond motifs is 1. The van der Waals surface area contributed by atoms with Crippen LogP contribution in [0.2, 0.25) is 0 Å². The van der Waals surface area contributed by atoms with Gasteiger partial charge in [-0.05, 0) is 53.1 Å². The number of nitrogens with one attached hydrogen (secondary N) is 2. The van der Waals surface area contributed by atoms with E-state index in [0.29, 0.717) is 22.5 Å². The molecule has 0 unspecified atom stereocenters. The van der Waals surface area contributed by atoms with Gasteiger partial charge in [0.25, 0.3) is 0 Å². The third kappa shape index (κ3) is 5.66. The predicted molar refractivity (Wildman–Crippen MR) is 136 cm³/mol. The maximum absolute atomic E-state index is 13.0. The lowest BCUT2D eigenvalue weighted by molar-refractivity contribution is -0.137. The minimum atomic E-state index is -4.43. The zero-order chi connectivity index (χ0) is 25.9. The summed E-state index contributed by atoms with van der Waals surface area (Å²) in [5, 5.41) is 5.52. The van der Waals surface area contributed by atoms with Crippen molar-refractivity contribution in [2.75, 3.05) is 29.6 Å². The van der Waals surface area contributed by atoms with Crippen LogP contribution in [0, 0.1) is 0 Å². The van der Waals surface area contributed by atoms with Crippen molar-refractivity contribution in [2.45, 2.75) is 12.6 Å². The summed E-state index contributed by atoms with van der Waals surface area (Å²) in [5.74, 6) is -0.527. The molecular weight excluding hydrogens is 467 g/mol. The number of allylic oxidation sites excluding steroid dienone is 2. The Morgan fingerprint density at radius 3 is 2.22 bits per heavy atom. The first-order valence-electron chi connectivity index (χ1n) is 11.2. The third-order valence-electron chi connectivity index (χ3n) is 5.77. The summed E-state index contributed by atoms with van der Waals surface area (Å²) in [7, 11) is 3.83. The van der Waals surface area contributed by atoms with E-state index in [1.165, 1.54) is 18.2 Å². The molecule has 0 saturated heterocycles. The van der Waals surface area contributed by atoms with Gasteiger partial charge in [0.1, 0.15) is 0 Å². The van der Waals surface area contributed by atoms with Crippen LogP contribution in [0.25, 0.3) is 5.57 Å². The molecule has 3 aromatic rings. The Labute approximate surface area is 206 Å². The highest BCUT2D eigenvalue weighted by Gasteiger charge is 2.30. The number of nitrogens with zero attached hydrogens (tertiary/aromatic N) is 1. The van der Waals surface area contributed by atoms with Gasteiger partial charge in [-0.15, -0.1) is 0 Å². The van der Waals surface area contributed by atoms with Gasteiger partial charge in [-0.25, -0.2) is 0 Å². The average Bonchev–Trinajstić information content (AvgIpc) is 3.23. The Hall–Kier alpha value is -4.33. The van der Waals surface area contributed by atoms with Crippen LogP contribution >= 0.6 is 0 Å². The van der Waals surface area contributed by atoms with E-state index in [1.54, 1.807) is 30.4 Å². The molecule has 36 heavy (non-hydrogen) atoms. The molecule has 0 aliphatic carbocycles. The van der Waals surface area contributed by atoms with E-state index < -0.39 is 17.6 Å². The SMILES string of the molecule is CN(C)c1ccc(/C(=C\C=C\C(=O)Nc2cccc3c2CC(=O)N3)c2ccc(C(F)(F)F)cc2)cc1. The van der Waals surface area contributed by atoms with Crippen LogP contribution in [0.4, 0.5) is 30.2 Å². The molecule has 0 bridgehead atoms. The van der Waals surface area contributed by atoms with Gasteiger partial charge in [0.2, 0.25) is 11.8 Å². The number of anilines is 3. The van der Waals surface area contributed by atoms with Gasteiger partial charge >= 0.3 is 6.18 Å². The number of hydrogen-bond donors (Lipinski definition) is 2. The van der Waals surface area contributed by atoms with Crippen LogP contribution in [0.1, 0.15) is 22.3 Å². The third-order valence-corrected chi connectivity index (χ3v) is 5.77. The highest BCUT2D eigenvalue weighted by atomic mass is 19.4. The number of alkyl halides is 3. The van der Waals surface area contributed by atoms with Crippen LogP contribution in [0.15, 0.2) is 85.0 Å². The molecule has 3 aromatic carbocycles. The zero-order valence-electron chi connectivity index (χ0n) is 19.7. The molecule has 0 atom stereocenters. The number of hydrogen-bond acceptors (Lipinski definition) is 3. The number of benzene rings is 3. The molecule has 1 heterocycles. The maximum atomic E-state index is 13.0. The Balaban J connectivity index is 1.60. The van der Waals surface area contributed by atoms with Gasteiger partial charge in [-0.3, -0.25) is 9.59 Å². The highest BCUT2D eigenvalue weighted by Crippen LogP contribution is 2.32. The second-order valence-electron chi connectivity index (χ2n) is 8.50. The summed E-state index contributed by atoms with van der Waals surface area (Å²) in [4.78, 5) is 26.2. The molecule has 0 aromatic heterocycles. The maximum Gasteiger partial charge on any atom is 0.416 e. The number of halogens is 3. The quantitative estimate of drug-likeness (QED) is 0.334. The van der Waals surface area contributed by atoms with E-state index >= 15 is 0 Å². The molecule has 1 aliphatic rings. The number of carbonyl (C=O) groups is 2. The largest absolute Gasteiger partial charge is 0.416 e. The van der Waals surface area contributed by atoms with Gasteiger partial charge in [0.15, 0.2) is 0 Å². The Morgan fingerprint density at radius 2 is 1.61 bits per heavy atom. The van der Waals surface area contributed by atoms with Crippen molar-refractivity contribution in [1.29, 1.82) is 0 Å². The van der Waals surface area contributed by atoms with Gasteiger partial charge in [-0.1, -0.05) is 42.5 Å². The fourth-order valence-corrected chi connectivity index (χ4v) is 3.91. The monoisotopic (exact) mass is 491 g/mol. The summed E-state index contributed by atoms with van der Waals surface area (Å²) < 4.78 is 39.1. The lowest BCUT2D eigenvalue weighted by atomic mass is 9.96. The topological polar surface area (TPSA) is 61.4 Å². The lowest BCUT2D eigenvalue weighted by Gasteiger charge is -2.14. The molecule has 5 nitrogen and oxygen atoms in total. The van der Waals surface area contributed by atoms with Crippen LogP contribution in [0.5, 0.6) is 0 Å². The fourth-order valence-electron chi connectivity index (χ4n) is 3.91. The standard InChI is InChI=1S/C28H24F3N3O2/c1-34(2)21-15-11-19(12-16-21)22(18-9-13-20(14-10-18)28(29,30)31)5-3-8-26(35)32-24-6-4-7-25-23(24)17-27(36)33-25/h3-16H,17H2,1-2H3,(H,32,35)(H,33,36)/b8-3+,22-5-.